The van der Waals surface area contributed by atoms with E-state index in [0.29, 0.717) is 37.2 Å². The Morgan fingerprint density at radius 1 is 1.11 bits per heavy atom. The van der Waals surface area contributed by atoms with Crippen molar-refractivity contribution in [2.75, 3.05) is 13.2 Å². The molecule has 0 atom stereocenters. The average Bonchev–Trinajstić information content (AvgIpc) is 2.67. The quantitative estimate of drug-likeness (QED) is 0.658. The molecule has 27 heavy (non-hydrogen) atoms. The van der Waals surface area contributed by atoms with Crippen molar-refractivity contribution < 1.29 is 22.6 Å². The molecule has 2 aromatic rings. The van der Waals surface area contributed by atoms with E-state index in [9.17, 15) is 13.2 Å². The van der Waals surface area contributed by atoms with Crippen molar-refractivity contribution in [3.63, 3.8) is 0 Å². The second kappa shape index (κ2) is 9.20. The number of hydrogen-bond donors (Lipinski definition) is 0. The van der Waals surface area contributed by atoms with E-state index in [4.69, 9.17) is 9.47 Å². The van der Waals surface area contributed by atoms with Gasteiger partial charge in [0.1, 0.15) is 5.82 Å². The average molecular weight is 376 g/mol. The number of ether oxygens (including phenoxy) is 2. The molecule has 0 saturated carbocycles. The first-order valence-electron chi connectivity index (χ1n) is 9.10. The summed E-state index contributed by atoms with van der Waals surface area (Å²) >= 11 is 0. The minimum atomic E-state index is -1.75. The molecule has 0 amide bonds. The van der Waals surface area contributed by atoms with Gasteiger partial charge in [0, 0.05) is 12.3 Å². The van der Waals surface area contributed by atoms with E-state index >= 15 is 0 Å². The maximum absolute atomic E-state index is 14.4. The SMILES string of the molecule is Cc1cc(CC=C(F)F)cc(F)c1CCC1OCC(c2ccccc2)CO1. The van der Waals surface area contributed by atoms with Crippen LogP contribution in [0.4, 0.5) is 13.2 Å². The van der Waals surface area contributed by atoms with Gasteiger partial charge in [0.05, 0.1) is 13.2 Å². The molecule has 2 nitrogen and oxygen atoms in total. The van der Waals surface area contributed by atoms with Crippen LogP contribution in [0.1, 0.15) is 34.6 Å². The molecule has 0 spiro atoms. The van der Waals surface area contributed by atoms with Crippen LogP contribution >= 0.6 is 0 Å². The van der Waals surface area contributed by atoms with Crippen molar-refractivity contribution in [1.82, 2.24) is 0 Å². The van der Waals surface area contributed by atoms with Gasteiger partial charge in [0.25, 0.3) is 6.08 Å². The zero-order chi connectivity index (χ0) is 19.2. The van der Waals surface area contributed by atoms with E-state index in [1.54, 1.807) is 13.0 Å². The predicted molar refractivity (Wildman–Crippen MR) is 98.3 cm³/mol. The Morgan fingerprint density at radius 2 is 1.81 bits per heavy atom. The number of hydrogen-bond acceptors (Lipinski definition) is 2. The van der Waals surface area contributed by atoms with Crippen LogP contribution in [0, 0.1) is 12.7 Å². The zero-order valence-corrected chi connectivity index (χ0v) is 15.3. The molecule has 0 aromatic heterocycles. The molecule has 1 saturated heterocycles. The lowest BCUT2D eigenvalue weighted by molar-refractivity contribution is -0.189. The molecular weight excluding hydrogens is 353 g/mol. The monoisotopic (exact) mass is 376 g/mol. The van der Waals surface area contributed by atoms with Crippen molar-refractivity contribution in [3.8, 4) is 0 Å². The van der Waals surface area contributed by atoms with Crippen molar-refractivity contribution >= 4 is 0 Å². The van der Waals surface area contributed by atoms with Gasteiger partial charge in [-0.15, -0.1) is 0 Å². The van der Waals surface area contributed by atoms with E-state index in [1.807, 2.05) is 18.2 Å². The summed E-state index contributed by atoms with van der Waals surface area (Å²) in [7, 11) is 0. The summed E-state index contributed by atoms with van der Waals surface area (Å²) in [5, 5.41) is 0. The van der Waals surface area contributed by atoms with Crippen LogP contribution < -0.4 is 0 Å². The van der Waals surface area contributed by atoms with Gasteiger partial charge in [-0.25, -0.2) is 4.39 Å². The Bertz CT molecular complexity index is 754. The smallest absolute Gasteiger partial charge is 0.266 e. The van der Waals surface area contributed by atoms with Crippen molar-refractivity contribution in [2.45, 2.75) is 38.4 Å². The van der Waals surface area contributed by atoms with Gasteiger partial charge in [-0.3, -0.25) is 0 Å². The molecule has 1 heterocycles. The molecule has 0 aliphatic carbocycles. The predicted octanol–water partition coefficient (Wildman–Crippen LogP) is 5.55. The Labute approximate surface area is 157 Å². The Hall–Kier alpha value is -2.11. The highest BCUT2D eigenvalue weighted by atomic mass is 19.3. The van der Waals surface area contributed by atoms with Gasteiger partial charge >= 0.3 is 0 Å². The van der Waals surface area contributed by atoms with Gasteiger partial charge in [0.2, 0.25) is 0 Å². The second-order valence-corrected chi connectivity index (χ2v) is 6.81. The summed E-state index contributed by atoms with van der Waals surface area (Å²) in [4.78, 5) is 0. The molecule has 3 rings (SSSR count). The van der Waals surface area contributed by atoms with E-state index in [-0.39, 0.29) is 24.4 Å². The molecule has 0 unspecified atom stereocenters. The lowest BCUT2D eigenvalue weighted by atomic mass is 9.98. The lowest BCUT2D eigenvalue weighted by Crippen LogP contribution is -2.31. The fraction of sp³-hybridized carbons (Fsp3) is 0.364. The van der Waals surface area contributed by atoms with E-state index in [1.165, 1.54) is 11.6 Å². The number of allylic oxidation sites excluding steroid dienone is 1. The Kier molecular flexibility index (Phi) is 6.69. The molecule has 0 bridgehead atoms. The molecule has 0 N–H and O–H groups in total. The van der Waals surface area contributed by atoms with Crippen molar-refractivity contribution in [2.24, 2.45) is 0 Å². The maximum Gasteiger partial charge on any atom is 0.266 e. The summed E-state index contributed by atoms with van der Waals surface area (Å²) in [6.07, 6.45) is -0.259. The van der Waals surface area contributed by atoms with E-state index in [0.717, 1.165) is 11.6 Å². The normalized spacial score (nSPS) is 19.7. The largest absolute Gasteiger partial charge is 0.352 e. The van der Waals surface area contributed by atoms with Crippen LogP contribution in [0.2, 0.25) is 0 Å². The molecule has 2 aromatic carbocycles. The van der Waals surface area contributed by atoms with Crippen molar-refractivity contribution in [3.05, 3.63) is 82.7 Å². The highest BCUT2D eigenvalue weighted by molar-refractivity contribution is 5.33. The first-order chi connectivity index (χ1) is 13.0. The maximum atomic E-state index is 14.4. The highest BCUT2D eigenvalue weighted by Crippen LogP contribution is 2.25. The van der Waals surface area contributed by atoms with Crippen molar-refractivity contribution in [1.29, 1.82) is 0 Å². The van der Waals surface area contributed by atoms with Crippen LogP contribution in [0.15, 0.2) is 54.6 Å². The standard InChI is InChI=1S/C22H23F3O2/c1-15-11-16(7-9-21(24)25)12-20(23)19(15)8-10-22-26-13-18(14-27-22)17-5-3-2-4-6-17/h2-6,9,11-12,18,22H,7-8,10,13-14H2,1H3. The zero-order valence-electron chi connectivity index (χ0n) is 15.3. The summed E-state index contributed by atoms with van der Waals surface area (Å²) in [6, 6.07) is 13.2. The fourth-order valence-electron chi connectivity index (χ4n) is 3.36. The third-order valence-corrected chi connectivity index (χ3v) is 4.84. The first kappa shape index (κ1) is 19.6. The topological polar surface area (TPSA) is 18.5 Å². The van der Waals surface area contributed by atoms with Crippen LogP contribution in [-0.4, -0.2) is 19.5 Å². The molecular formula is C22H23F3O2. The van der Waals surface area contributed by atoms with Gasteiger partial charge < -0.3 is 9.47 Å². The second-order valence-electron chi connectivity index (χ2n) is 6.81. The number of halogens is 3. The molecule has 144 valence electrons. The van der Waals surface area contributed by atoms with E-state index in [2.05, 4.69) is 12.1 Å². The van der Waals surface area contributed by atoms with Gasteiger partial charge in [-0.1, -0.05) is 36.4 Å². The third-order valence-electron chi connectivity index (χ3n) is 4.84. The fourth-order valence-corrected chi connectivity index (χ4v) is 3.36. The summed E-state index contributed by atoms with van der Waals surface area (Å²) in [6.45, 7) is 2.96. The summed E-state index contributed by atoms with van der Waals surface area (Å²) < 4.78 is 50.4. The first-order valence-corrected chi connectivity index (χ1v) is 9.10. The van der Waals surface area contributed by atoms with Gasteiger partial charge in [-0.2, -0.15) is 8.78 Å². The third kappa shape index (κ3) is 5.44. The molecule has 1 fully saturated rings. The van der Waals surface area contributed by atoms with Crippen LogP contribution in [0.5, 0.6) is 0 Å². The summed E-state index contributed by atoms with van der Waals surface area (Å²) in [5.41, 5.74) is 3.07. The summed E-state index contributed by atoms with van der Waals surface area (Å²) in [5.74, 6) is -0.153. The minimum absolute atomic E-state index is 0.0239. The van der Waals surface area contributed by atoms with Gasteiger partial charge in [-0.05, 0) is 54.2 Å². The van der Waals surface area contributed by atoms with Gasteiger partial charge in [0.15, 0.2) is 6.29 Å². The molecule has 0 radical (unpaired) electrons. The van der Waals surface area contributed by atoms with Crippen LogP contribution in [0.25, 0.3) is 0 Å². The Morgan fingerprint density at radius 3 is 2.44 bits per heavy atom. The molecule has 1 aliphatic heterocycles. The van der Waals surface area contributed by atoms with Crippen LogP contribution in [-0.2, 0) is 22.3 Å². The lowest BCUT2D eigenvalue weighted by Gasteiger charge is -2.30. The number of benzene rings is 2. The minimum Gasteiger partial charge on any atom is -0.352 e. The highest BCUT2D eigenvalue weighted by Gasteiger charge is 2.23. The number of rotatable bonds is 6. The Balaban J connectivity index is 1.54. The molecule has 5 heteroatoms. The van der Waals surface area contributed by atoms with E-state index < -0.39 is 6.08 Å². The molecule has 1 aliphatic rings. The van der Waals surface area contributed by atoms with Crippen LogP contribution in [0.3, 0.4) is 0 Å². The number of aryl methyl sites for hydroxylation is 1.